The van der Waals surface area contributed by atoms with Gasteiger partial charge in [0.05, 0.1) is 0 Å². The van der Waals surface area contributed by atoms with E-state index < -0.39 is 6.03 Å². The zero-order chi connectivity index (χ0) is 17.1. The van der Waals surface area contributed by atoms with E-state index >= 15 is 0 Å². The minimum atomic E-state index is -0.438. The van der Waals surface area contributed by atoms with Gasteiger partial charge in [-0.3, -0.25) is 0 Å². The van der Waals surface area contributed by atoms with Crippen molar-refractivity contribution >= 4 is 28.8 Å². The van der Waals surface area contributed by atoms with Crippen molar-refractivity contribution < 1.29 is 9.18 Å². The molecule has 0 atom stereocenters. The van der Waals surface area contributed by atoms with Crippen LogP contribution < -0.4 is 16.4 Å². The molecule has 0 saturated heterocycles. The highest BCUT2D eigenvalue weighted by Crippen LogP contribution is 2.24. The quantitative estimate of drug-likeness (QED) is 0.801. The lowest BCUT2D eigenvalue weighted by Crippen LogP contribution is -2.19. The first kappa shape index (κ1) is 15.7. The molecule has 0 fully saturated rings. The summed E-state index contributed by atoms with van der Waals surface area (Å²) in [5.74, 6) is 0.211. The monoisotopic (exact) mass is 324 g/mol. The SMILES string of the molecule is Cc1ccc(NC(=O)Nc2cccc(C3=CN=C(N)C3)c2)cc1F. The van der Waals surface area contributed by atoms with Crippen molar-refractivity contribution in [3.63, 3.8) is 0 Å². The molecule has 2 aromatic carbocycles. The van der Waals surface area contributed by atoms with Gasteiger partial charge in [-0.05, 0) is 47.9 Å². The average Bonchev–Trinajstić information content (AvgIpc) is 2.98. The Morgan fingerprint density at radius 1 is 1.17 bits per heavy atom. The molecule has 24 heavy (non-hydrogen) atoms. The van der Waals surface area contributed by atoms with E-state index in [1.54, 1.807) is 31.3 Å². The Labute approximate surface area is 139 Å². The molecule has 6 heteroatoms. The normalized spacial score (nSPS) is 13.2. The maximum atomic E-state index is 13.5. The maximum absolute atomic E-state index is 13.5. The summed E-state index contributed by atoms with van der Waals surface area (Å²) in [7, 11) is 0. The number of anilines is 2. The number of nitrogens with one attached hydrogen (secondary N) is 2. The van der Waals surface area contributed by atoms with Crippen molar-refractivity contribution in [1.29, 1.82) is 0 Å². The van der Waals surface area contributed by atoms with E-state index in [2.05, 4.69) is 15.6 Å². The molecule has 0 bridgehead atoms. The van der Waals surface area contributed by atoms with Gasteiger partial charge in [0.1, 0.15) is 11.7 Å². The number of amides is 2. The summed E-state index contributed by atoms with van der Waals surface area (Å²) in [5.41, 5.74) is 9.17. The molecular formula is C18H17FN4O. The van der Waals surface area contributed by atoms with Crippen LogP contribution in [-0.2, 0) is 0 Å². The number of hydrogen-bond acceptors (Lipinski definition) is 3. The number of carbonyl (C=O) groups excluding carboxylic acids is 1. The zero-order valence-electron chi connectivity index (χ0n) is 13.1. The second-order valence-electron chi connectivity index (χ2n) is 5.58. The number of nitrogens with two attached hydrogens (primary N) is 1. The number of benzene rings is 2. The largest absolute Gasteiger partial charge is 0.387 e. The summed E-state index contributed by atoms with van der Waals surface area (Å²) in [6.07, 6.45) is 2.32. The summed E-state index contributed by atoms with van der Waals surface area (Å²) in [5, 5.41) is 5.34. The minimum absolute atomic E-state index is 0.361. The van der Waals surface area contributed by atoms with E-state index in [-0.39, 0.29) is 5.82 Å². The number of aryl methyl sites for hydroxylation is 1. The summed E-state index contributed by atoms with van der Waals surface area (Å²) in [6.45, 7) is 1.67. The van der Waals surface area contributed by atoms with Crippen molar-refractivity contribution in [2.24, 2.45) is 10.7 Å². The van der Waals surface area contributed by atoms with Gasteiger partial charge in [0.25, 0.3) is 0 Å². The van der Waals surface area contributed by atoms with Crippen LogP contribution in [0.3, 0.4) is 0 Å². The van der Waals surface area contributed by atoms with Gasteiger partial charge in [-0.25, -0.2) is 14.2 Å². The summed E-state index contributed by atoms with van der Waals surface area (Å²) < 4.78 is 13.5. The Balaban J connectivity index is 1.67. The number of hydrogen-bond donors (Lipinski definition) is 3. The molecule has 4 N–H and O–H groups in total. The van der Waals surface area contributed by atoms with Gasteiger partial charge in [0.15, 0.2) is 0 Å². The van der Waals surface area contributed by atoms with Gasteiger partial charge in [0.2, 0.25) is 0 Å². The lowest BCUT2D eigenvalue weighted by molar-refractivity contribution is 0.262. The minimum Gasteiger partial charge on any atom is -0.387 e. The molecule has 1 aliphatic heterocycles. The molecular weight excluding hydrogens is 307 g/mol. The first-order valence-electron chi connectivity index (χ1n) is 7.47. The summed E-state index contributed by atoms with van der Waals surface area (Å²) in [4.78, 5) is 16.1. The third kappa shape index (κ3) is 3.60. The second kappa shape index (κ2) is 6.54. The molecule has 5 nitrogen and oxygen atoms in total. The fourth-order valence-corrected chi connectivity index (χ4v) is 2.38. The summed E-state index contributed by atoms with van der Waals surface area (Å²) >= 11 is 0. The highest BCUT2D eigenvalue weighted by atomic mass is 19.1. The molecule has 0 unspecified atom stereocenters. The molecule has 1 heterocycles. The predicted octanol–water partition coefficient (Wildman–Crippen LogP) is 3.88. The Bertz CT molecular complexity index is 858. The van der Waals surface area contributed by atoms with E-state index in [0.29, 0.717) is 29.2 Å². The molecule has 2 amide bonds. The van der Waals surface area contributed by atoms with Gasteiger partial charge in [-0.2, -0.15) is 0 Å². The van der Waals surface area contributed by atoms with Crippen LogP contribution in [0.5, 0.6) is 0 Å². The third-order valence-electron chi connectivity index (χ3n) is 3.68. The van der Waals surface area contributed by atoms with E-state index in [9.17, 15) is 9.18 Å². The molecule has 122 valence electrons. The van der Waals surface area contributed by atoms with Crippen molar-refractivity contribution in [3.05, 3.63) is 65.6 Å². The van der Waals surface area contributed by atoms with Crippen molar-refractivity contribution in [2.75, 3.05) is 10.6 Å². The number of aliphatic imine (C=N–C) groups is 1. The van der Waals surface area contributed by atoms with Crippen LogP contribution in [0.15, 0.2) is 53.7 Å². The molecule has 0 spiro atoms. The Kier molecular flexibility index (Phi) is 4.29. The van der Waals surface area contributed by atoms with Gasteiger partial charge in [-0.1, -0.05) is 18.2 Å². The Hall–Kier alpha value is -3.15. The number of nitrogens with zero attached hydrogens (tertiary/aromatic N) is 1. The van der Waals surface area contributed by atoms with Crippen molar-refractivity contribution in [1.82, 2.24) is 0 Å². The number of amidine groups is 1. The molecule has 0 radical (unpaired) electrons. The highest BCUT2D eigenvalue weighted by molar-refractivity contribution is 6.00. The van der Waals surface area contributed by atoms with Gasteiger partial charge >= 0.3 is 6.03 Å². The van der Waals surface area contributed by atoms with Crippen LogP contribution in [0, 0.1) is 12.7 Å². The molecule has 0 saturated carbocycles. The van der Waals surface area contributed by atoms with Crippen LogP contribution >= 0.6 is 0 Å². The molecule has 3 rings (SSSR count). The Morgan fingerprint density at radius 3 is 2.58 bits per heavy atom. The lowest BCUT2D eigenvalue weighted by atomic mass is 10.0. The maximum Gasteiger partial charge on any atom is 0.323 e. The molecule has 0 aliphatic carbocycles. The summed E-state index contributed by atoms with van der Waals surface area (Å²) in [6, 6.07) is 11.5. The average molecular weight is 324 g/mol. The fraction of sp³-hybridized carbons (Fsp3) is 0.111. The van der Waals surface area contributed by atoms with E-state index in [0.717, 1.165) is 11.1 Å². The van der Waals surface area contributed by atoms with Crippen LogP contribution in [0.2, 0.25) is 0 Å². The number of carbonyl (C=O) groups is 1. The molecule has 0 aromatic heterocycles. The van der Waals surface area contributed by atoms with Gasteiger partial charge in [0, 0.05) is 24.0 Å². The van der Waals surface area contributed by atoms with E-state index in [4.69, 9.17) is 5.73 Å². The second-order valence-corrected chi connectivity index (χ2v) is 5.58. The van der Waals surface area contributed by atoms with Crippen LogP contribution in [0.1, 0.15) is 17.5 Å². The topological polar surface area (TPSA) is 79.5 Å². The van der Waals surface area contributed by atoms with Gasteiger partial charge < -0.3 is 16.4 Å². The first-order valence-corrected chi connectivity index (χ1v) is 7.47. The van der Waals surface area contributed by atoms with Gasteiger partial charge in [-0.15, -0.1) is 0 Å². The number of halogens is 1. The van der Waals surface area contributed by atoms with Crippen molar-refractivity contribution in [3.8, 4) is 0 Å². The smallest absolute Gasteiger partial charge is 0.323 e. The fourth-order valence-electron chi connectivity index (χ4n) is 2.38. The van der Waals surface area contributed by atoms with E-state index in [1.807, 2.05) is 18.2 Å². The van der Waals surface area contributed by atoms with Crippen LogP contribution in [-0.4, -0.2) is 11.9 Å². The Morgan fingerprint density at radius 2 is 1.92 bits per heavy atom. The van der Waals surface area contributed by atoms with E-state index in [1.165, 1.54) is 6.07 Å². The van der Waals surface area contributed by atoms with Crippen molar-refractivity contribution in [2.45, 2.75) is 13.3 Å². The number of rotatable bonds is 3. The molecule has 1 aliphatic rings. The first-order chi connectivity index (χ1) is 11.5. The number of urea groups is 1. The third-order valence-corrected chi connectivity index (χ3v) is 3.68. The van der Waals surface area contributed by atoms with Crippen LogP contribution in [0.4, 0.5) is 20.6 Å². The molecule has 2 aromatic rings. The highest BCUT2D eigenvalue weighted by Gasteiger charge is 2.11. The zero-order valence-corrected chi connectivity index (χ0v) is 13.1. The van der Waals surface area contributed by atoms with Crippen LogP contribution in [0.25, 0.3) is 5.57 Å². The lowest BCUT2D eigenvalue weighted by Gasteiger charge is -2.10. The standard InChI is InChI=1S/C18H17FN4O/c1-11-5-6-15(9-16(11)19)23-18(24)22-14-4-2-3-12(7-14)13-8-17(20)21-10-13/h2-7,9-10H,8H2,1H3,(H2,20,21)(H2,22,23,24). The predicted molar refractivity (Wildman–Crippen MR) is 94.4 cm³/mol.